The molecule has 2 unspecified atom stereocenters. The van der Waals surface area contributed by atoms with E-state index in [1.165, 1.54) is 0 Å². The first kappa shape index (κ1) is 15.5. The highest BCUT2D eigenvalue weighted by Crippen LogP contribution is 2.27. The monoisotopic (exact) mass is 264 g/mol. The number of benzene rings is 1. The topological polar surface area (TPSA) is 75.3 Å². The van der Waals surface area contributed by atoms with E-state index in [1.807, 2.05) is 39.8 Å². The van der Waals surface area contributed by atoms with Crippen molar-refractivity contribution in [2.24, 2.45) is 0 Å². The maximum atomic E-state index is 11.5. The molecule has 2 atom stereocenters. The highest BCUT2D eigenvalue weighted by molar-refractivity contribution is 5.78. The second kappa shape index (κ2) is 6.57. The number of nitrogen functional groups attached to an aromatic ring is 1. The second-order valence-corrected chi connectivity index (χ2v) is 4.93. The molecule has 19 heavy (non-hydrogen) atoms. The van der Waals surface area contributed by atoms with Gasteiger partial charge in [-0.05, 0) is 43.5 Å². The lowest BCUT2D eigenvalue weighted by Gasteiger charge is -2.23. The number of hydrogen-bond acceptors (Lipinski definition) is 3. The predicted octanol–water partition coefficient (Wildman–Crippen LogP) is 2.31. The third-order valence-corrected chi connectivity index (χ3v) is 3.53. The minimum atomic E-state index is -0.806. The van der Waals surface area contributed by atoms with Crippen LogP contribution < -0.4 is 11.1 Å². The molecule has 0 aliphatic heterocycles. The number of rotatable bonds is 6. The fraction of sp³-hybridized carbons (Fsp3) is 0.533. The number of aryl methyl sites for hydroxylation is 2. The SMILES string of the molecule is CCNC(C)C(C(=O)O)c1cc(C)c(N)c(CC)c1. The van der Waals surface area contributed by atoms with E-state index in [4.69, 9.17) is 5.73 Å². The fourth-order valence-corrected chi connectivity index (χ4v) is 2.46. The van der Waals surface area contributed by atoms with Gasteiger partial charge in [0.25, 0.3) is 0 Å². The molecular weight excluding hydrogens is 240 g/mol. The molecule has 0 aliphatic carbocycles. The summed E-state index contributed by atoms with van der Waals surface area (Å²) in [5, 5.41) is 12.7. The molecule has 0 saturated heterocycles. The van der Waals surface area contributed by atoms with Crippen LogP contribution in [0.2, 0.25) is 0 Å². The molecule has 0 saturated carbocycles. The molecule has 106 valence electrons. The van der Waals surface area contributed by atoms with Crippen LogP contribution >= 0.6 is 0 Å². The summed E-state index contributed by atoms with van der Waals surface area (Å²) >= 11 is 0. The second-order valence-electron chi connectivity index (χ2n) is 4.93. The first-order valence-corrected chi connectivity index (χ1v) is 6.77. The highest BCUT2D eigenvalue weighted by atomic mass is 16.4. The lowest BCUT2D eigenvalue weighted by Crippen LogP contribution is -2.36. The minimum Gasteiger partial charge on any atom is -0.481 e. The van der Waals surface area contributed by atoms with Crippen molar-refractivity contribution in [2.45, 2.75) is 46.1 Å². The lowest BCUT2D eigenvalue weighted by atomic mass is 9.89. The van der Waals surface area contributed by atoms with Crippen LogP contribution in [0, 0.1) is 6.92 Å². The van der Waals surface area contributed by atoms with E-state index in [-0.39, 0.29) is 6.04 Å². The van der Waals surface area contributed by atoms with E-state index >= 15 is 0 Å². The molecule has 0 bridgehead atoms. The quantitative estimate of drug-likeness (QED) is 0.689. The van der Waals surface area contributed by atoms with Crippen molar-refractivity contribution in [1.82, 2.24) is 5.32 Å². The van der Waals surface area contributed by atoms with E-state index in [0.717, 1.165) is 35.3 Å². The van der Waals surface area contributed by atoms with Gasteiger partial charge in [-0.1, -0.05) is 26.0 Å². The Balaban J connectivity index is 3.23. The zero-order chi connectivity index (χ0) is 14.6. The Morgan fingerprint density at radius 1 is 1.42 bits per heavy atom. The summed E-state index contributed by atoms with van der Waals surface area (Å²) in [6.45, 7) is 8.58. The zero-order valence-electron chi connectivity index (χ0n) is 12.2. The first-order chi connectivity index (χ1) is 8.92. The standard InChI is InChI=1S/C15H24N2O2/c1-5-11-8-12(7-9(3)14(11)16)13(15(18)19)10(4)17-6-2/h7-8,10,13,17H,5-6,16H2,1-4H3,(H,18,19). The number of nitrogens with one attached hydrogen (secondary N) is 1. The Kier molecular flexibility index (Phi) is 5.36. The Labute approximate surface area is 115 Å². The zero-order valence-corrected chi connectivity index (χ0v) is 12.2. The Bertz CT molecular complexity index is 458. The van der Waals surface area contributed by atoms with Crippen LogP contribution in [0.1, 0.15) is 43.4 Å². The highest BCUT2D eigenvalue weighted by Gasteiger charge is 2.26. The summed E-state index contributed by atoms with van der Waals surface area (Å²) in [5.74, 6) is -1.36. The van der Waals surface area contributed by atoms with Crippen LogP contribution in [0.3, 0.4) is 0 Å². The van der Waals surface area contributed by atoms with E-state index in [9.17, 15) is 9.90 Å². The van der Waals surface area contributed by atoms with Crippen molar-refractivity contribution in [1.29, 1.82) is 0 Å². The Morgan fingerprint density at radius 2 is 2.05 bits per heavy atom. The third-order valence-electron chi connectivity index (χ3n) is 3.53. The number of carboxylic acid groups (broad SMARTS) is 1. The summed E-state index contributed by atoms with van der Waals surface area (Å²) in [6.07, 6.45) is 0.808. The van der Waals surface area contributed by atoms with Crippen molar-refractivity contribution >= 4 is 11.7 Å². The number of hydrogen-bond donors (Lipinski definition) is 3. The van der Waals surface area contributed by atoms with Gasteiger partial charge in [0.15, 0.2) is 0 Å². The number of likely N-dealkylation sites (N-methyl/N-ethyl adjacent to an activating group) is 1. The summed E-state index contributed by atoms with van der Waals surface area (Å²) < 4.78 is 0. The maximum Gasteiger partial charge on any atom is 0.312 e. The normalized spacial score (nSPS) is 14.1. The van der Waals surface area contributed by atoms with Gasteiger partial charge in [0.05, 0.1) is 5.92 Å². The number of carbonyl (C=O) groups is 1. The van der Waals surface area contributed by atoms with E-state index in [1.54, 1.807) is 0 Å². The summed E-state index contributed by atoms with van der Waals surface area (Å²) in [5.41, 5.74) is 9.57. The average molecular weight is 264 g/mol. The molecule has 1 aromatic rings. The molecule has 0 spiro atoms. The molecule has 0 radical (unpaired) electrons. The first-order valence-electron chi connectivity index (χ1n) is 6.77. The van der Waals surface area contributed by atoms with Crippen LogP contribution in [0.25, 0.3) is 0 Å². The van der Waals surface area contributed by atoms with Gasteiger partial charge in [0.2, 0.25) is 0 Å². The van der Waals surface area contributed by atoms with Gasteiger partial charge in [0.1, 0.15) is 0 Å². The van der Waals surface area contributed by atoms with Gasteiger partial charge in [-0.25, -0.2) is 0 Å². The maximum absolute atomic E-state index is 11.5. The minimum absolute atomic E-state index is 0.116. The Hall–Kier alpha value is -1.55. The summed E-state index contributed by atoms with van der Waals surface area (Å²) in [7, 11) is 0. The van der Waals surface area contributed by atoms with Gasteiger partial charge >= 0.3 is 5.97 Å². The van der Waals surface area contributed by atoms with Gasteiger partial charge in [0, 0.05) is 11.7 Å². The molecule has 4 nitrogen and oxygen atoms in total. The molecule has 1 rings (SSSR count). The lowest BCUT2D eigenvalue weighted by molar-refractivity contribution is -0.139. The molecular formula is C15H24N2O2. The smallest absolute Gasteiger partial charge is 0.312 e. The number of carboxylic acids is 1. The van der Waals surface area contributed by atoms with Crippen LogP contribution in [0.4, 0.5) is 5.69 Å². The molecule has 4 heteroatoms. The number of anilines is 1. The molecule has 1 aromatic carbocycles. The number of aliphatic carboxylic acids is 1. The number of nitrogens with two attached hydrogens (primary N) is 1. The van der Waals surface area contributed by atoms with Crippen LogP contribution in [-0.2, 0) is 11.2 Å². The van der Waals surface area contributed by atoms with Gasteiger partial charge in [-0.3, -0.25) is 4.79 Å². The van der Waals surface area contributed by atoms with Gasteiger partial charge in [-0.15, -0.1) is 0 Å². The van der Waals surface area contributed by atoms with Crippen LogP contribution in [-0.4, -0.2) is 23.7 Å². The summed E-state index contributed by atoms with van der Waals surface area (Å²) in [6, 6.07) is 3.70. The average Bonchev–Trinajstić information content (AvgIpc) is 2.33. The molecule has 0 amide bonds. The third kappa shape index (κ3) is 3.47. The Morgan fingerprint density at radius 3 is 2.53 bits per heavy atom. The van der Waals surface area contributed by atoms with Gasteiger partial charge in [-0.2, -0.15) is 0 Å². The van der Waals surface area contributed by atoms with Crippen molar-refractivity contribution in [3.05, 3.63) is 28.8 Å². The summed E-state index contributed by atoms with van der Waals surface area (Å²) in [4.78, 5) is 11.5. The molecule has 0 aliphatic rings. The van der Waals surface area contributed by atoms with Gasteiger partial charge < -0.3 is 16.2 Å². The molecule has 0 aromatic heterocycles. The van der Waals surface area contributed by atoms with Crippen molar-refractivity contribution in [2.75, 3.05) is 12.3 Å². The van der Waals surface area contributed by atoms with Crippen LogP contribution in [0.15, 0.2) is 12.1 Å². The molecule has 0 fully saturated rings. The van der Waals surface area contributed by atoms with E-state index < -0.39 is 11.9 Å². The molecule has 0 heterocycles. The van der Waals surface area contributed by atoms with Crippen molar-refractivity contribution < 1.29 is 9.90 Å². The largest absolute Gasteiger partial charge is 0.481 e. The molecule has 4 N–H and O–H groups in total. The van der Waals surface area contributed by atoms with E-state index in [0.29, 0.717) is 0 Å². The van der Waals surface area contributed by atoms with E-state index in [2.05, 4.69) is 5.32 Å². The predicted molar refractivity (Wildman–Crippen MR) is 78.5 cm³/mol. The van der Waals surface area contributed by atoms with Crippen molar-refractivity contribution in [3.8, 4) is 0 Å². The van der Waals surface area contributed by atoms with Crippen molar-refractivity contribution in [3.63, 3.8) is 0 Å². The van der Waals surface area contributed by atoms with Crippen LogP contribution in [0.5, 0.6) is 0 Å². The fourth-order valence-electron chi connectivity index (χ4n) is 2.46.